The Hall–Kier alpha value is -5.91. The Morgan fingerprint density at radius 2 is 1.58 bits per heavy atom. The topological polar surface area (TPSA) is 189 Å². The average molecular weight is 1070 g/mol. The van der Waals surface area contributed by atoms with E-state index in [4.69, 9.17) is 9.47 Å². The molecular formula is C57H71F3N8O7S. The molecule has 8 rings (SSSR count). The van der Waals surface area contributed by atoms with Crippen LogP contribution < -0.4 is 20.7 Å². The number of hydrogen-bond donors (Lipinski definition) is 4. The Labute approximate surface area is 447 Å². The summed E-state index contributed by atoms with van der Waals surface area (Å²) < 4.78 is 53.0. The number of carbonyl (C=O) groups excluding carboxylic acids is 4. The van der Waals surface area contributed by atoms with Gasteiger partial charge in [0, 0.05) is 67.0 Å². The number of halogens is 3. The van der Waals surface area contributed by atoms with E-state index in [1.165, 1.54) is 11.0 Å². The quantitative estimate of drug-likeness (QED) is 0.0884. The van der Waals surface area contributed by atoms with E-state index < -0.39 is 63.7 Å². The molecule has 1 aliphatic carbocycles. The molecule has 19 heteroatoms. The number of nitrogens with zero attached hydrogens (tertiary/aromatic N) is 5. The zero-order valence-corrected chi connectivity index (χ0v) is 45.7. The second-order valence-electron chi connectivity index (χ2n) is 23.5. The molecule has 4 aromatic rings. The third kappa shape index (κ3) is 11.8. The Morgan fingerprint density at radius 1 is 0.934 bits per heavy atom. The molecule has 1 aromatic heterocycles. The minimum atomic E-state index is -4.72. The van der Waals surface area contributed by atoms with Crippen molar-refractivity contribution in [1.29, 1.82) is 5.26 Å². The van der Waals surface area contributed by atoms with E-state index in [0.29, 0.717) is 31.9 Å². The SMILES string of the molecule is Cc1ncsc1-c1ccc(C(C)NC(=O)[C@@H]2C[C@@H](O)CN2C(=O)[C@@H](NC(=O)CN2CCN(CCC3(c4ccc(C(=O)NC5C(C)(C)C(Oc6ccc(C#N)c(C(F)(F)F)c6)C5(C)C)cc4)COC3)CC2)C(C)(C)C)cc1. The average Bonchev–Trinajstić information content (AvgIpc) is 3.98. The van der Waals surface area contributed by atoms with Crippen molar-refractivity contribution < 1.29 is 46.9 Å². The fraction of sp³-hybridized carbons (Fsp3) is 0.544. The number of nitrogens with one attached hydrogen (secondary N) is 3. The number of alkyl halides is 3. The van der Waals surface area contributed by atoms with Crippen LogP contribution in [0.3, 0.4) is 0 Å². The van der Waals surface area contributed by atoms with Crippen LogP contribution in [-0.2, 0) is 30.7 Å². The van der Waals surface area contributed by atoms with Crippen LogP contribution in [0.4, 0.5) is 13.2 Å². The number of nitriles is 1. The Balaban J connectivity index is 0.799. The summed E-state index contributed by atoms with van der Waals surface area (Å²) in [7, 11) is 0. The van der Waals surface area contributed by atoms with Crippen molar-refractivity contribution in [2.24, 2.45) is 16.2 Å². The highest BCUT2D eigenvalue weighted by Gasteiger charge is 2.64. The van der Waals surface area contributed by atoms with Gasteiger partial charge >= 0.3 is 6.18 Å². The van der Waals surface area contributed by atoms with E-state index in [1.54, 1.807) is 17.4 Å². The second kappa shape index (κ2) is 21.8. The lowest BCUT2D eigenvalue weighted by Gasteiger charge is -2.63. The minimum absolute atomic E-state index is 0.00234. The predicted octanol–water partition coefficient (Wildman–Crippen LogP) is 7.27. The van der Waals surface area contributed by atoms with Crippen molar-refractivity contribution in [2.45, 2.75) is 123 Å². The third-order valence-corrected chi connectivity index (χ3v) is 17.1. The number of β-amino-alcohol motifs (C(OH)–C–C–N with tert-alkyl or cyclic N) is 1. The molecule has 76 heavy (non-hydrogen) atoms. The number of aromatic nitrogens is 1. The van der Waals surface area contributed by atoms with Gasteiger partial charge in [0.25, 0.3) is 5.91 Å². The Kier molecular flexibility index (Phi) is 16.2. The molecule has 3 aliphatic heterocycles. The van der Waals surface area contributed by atoms with Crippen LogP contribution in [0.15, 0.2) is 72.2 Å². The molecule has 3 aromatic carbocycles. The fourth-order valence-corrected chi connectivity index (χ4v) is 12.6. The lowest BCUT2D eigenvalue weighted by atomic mass is 9.49. The number of amides is 4. The number of likely N-dealkylation sites (tertiary alicyclic amines) is 1. The number of hydrogen-bond acceptors (Lipinski definition) is 12. The molecule has 0 radical (unpaired) electrons. The maximum absolute atomic E-state index is 14.3. The van der Waals surface area contributed by atoms with E-state index in [9.17, 15) is 42.7 Å². The number of rotatable bonds is 16. The number of aliphatic hydroxyl groups is 1. The van der Waals surface area contributed by atoms with Gasteiger partial charge in [0.15, 0.2) is 0 Å². The van der Waals surface area contributed by atoms with Crippen LogP contribution in [0.2, 0.25) is 0 Å². The summed E-state index contributed by atoms with van der Waals surface area (Å²) in [6, 6.07) is 17.9. The molecule has 3 saturated heterocycles. The van der Waals surface area contributed by atoms with Gasteiger partial charge in [0.05, 0.1) is 65.2 Å². The first-order valence-electron chi connectivity index (χ1n) is 26.0. The van der Waals surface area contributed by atoms with Gasteiger partial charge in [0.1, 0.15) is 23.9 Å². The van der Waals surface area contributed by atoms with E-state index >= 15 is 0 Å². The predicted molar refractivity (Wildman–Crippen MR) is 282 cm³/mol. The summed E-state index contributed by atoms with van der Waals surface area (Å²) >= 11 is 1.57. The lowest BCUT2D eigenvalue weighted by Crippen LogP contribution is -2.74. The van der Waals surface area contributed by atoms with Crippen LogP contribution in [0.5, 0.6) is 5.75 Å². The van der Waals surface area contributed by atoms with Crippen LogP contribution in [-0.4, -0.2) is 138 Å². The number of carbonyl (C=O) groups is 4. The molecule has 4 amide bonds. The van der Waals surface area contributed by atoms with Gasteiger partial charge in [-0.3, -0.25) is 24.1 Å². The highest BCUT2D eigenvalue weighted by molar-refractivity contribution is 7.13. The van der Waals surface area contributed by atoms with Gasteiger partial charge < -0.3 is 40.3 Å². The molecule has 408 valence electrons. The summed E-state index contributed by atoms with van der Waals surface area (Å²) in [6.07, 6.45) is -5.22. The molecule has 15 nitrogen and oxygen atoms in total. The molecule has 4 heterocycles. The monoisotopic (exact) mass is 1070 g/mol. The van der Waals surface area contributed by atoms with Gasteiger partial charge in [-0.05, 0) is 79.3 Å². The van der Waals surface area contributed by atoms with Gasteiger partial charge in [0.2, 0.25) is 17.7 Å². The minimum Gasteiger partial charge on any atom is -0.489 e. The summed E-state index contributed by atoms with van der Waals surface area (Å²) in [5.41, 5.74) is 2.51. The number of benzene rings is 3. The lowest BCUT2D eigenvalue weighted by molar-refractivity contribution is -0.164. The van der Waals surface area contributed by atoms with Crippen molar-refractivity contribution in [3.8, 4) is 22.3 Å². The zero-order valence-electron chi connectivity index (χ0n) is 44.8. The summed E-state index contributed by atoms with van der Waals surface area (Å²) in [5, 5.41) is 29.2. The highest BCUT2D eigenvalue weighted by Crippen LogP contribution is 2.56. The number of piperazine rings is 1. The first kappa shape index (κ1) is 56.3. The van der Waals surface area contributed by atoms with Crippen LogP contribution in [0.1, 0.15) is 113 Å². The van der Waals surface area contributed by atoms with Crippen molar-refractivity contribution in [3.63, 3.8) is 0 Å². The second-order valence-corrected chi connectivity index (χ2v) is 24.3. The summed E-state index contributed by atoms with van der Waals surface area (Å²) in [4.78, 5) is 66.8. The van der Waals surface area contributed by atoms with Crippen molar-refractivity contribution in [1.82, 2.24) is 35.6 Å². The van der Waals surface area contributed by atoms with Crippen LogP contribution in [0.25, 0.3) is 10.4 Å². The van der Waals surface area contributed by atoms with Crippen molar-refractivity contribution >= 4 is 35.0 Å². The van der Waals surface area contributed by atoms with Gasteiger partial charge in [-0.1, -0.05) is 84.9 Å². The number of ether oxygens (including phenoxy) is 2. The normalized spacial score (nSPS) is 23.0. The Morgan fingerprint density at radius 3 is 2.14 bits per heavy atom. The molecule has 4 fully saturated rings. The summed E-state index contributed by atoms with van der Waals surface area (Å²) in [6.45, 7) is 21.9. The number of aliphatic hydroxyl groups excluding tert-OH is 1. The molecule has 0 bridgehead atoms. The fourth-order valence-electron chi connectivity index (χ4n) is 11.8. The largest absolute Gasteiger partial charge is 0.489 e. The highest BCUT2D eigenvalue weighted by atomic mass is 32.1. The van der Waals surface area contributed by atoms with Crippen molar-refractivity contribution in [2.75, 3.05) is 59.0 Å². The first-order chi connectivity index (χ1) is 35.7. The molecule has 4 atom stereocenters. The van der Waals surface area contributed by atoms with Crippen molar-refractivity contribution in [3.05, 3.63) is 106 Å². The maximum atomic E-state index is 14.3. The smallest absolute Gasteiger partial charge is 0.417 e. The number of thiazole rings is 1. The zero-order chi connectivity index (χ0) is 55.1. The first-order valence-corrected chi connectivity index (χ1v) is 26.9. The molecule has 1 unspecified atom stereocenters. The third-order valence-electron chi connectivity index (χ3n) is 16.1. The van der Waals surface area contributed by atoms with E-state index in [0.717, 1.165) is 65.4 Å². The van der Waals surface area contributed by atoms with Crippen LogP contribution in [0, 0.1) is 34.5 Å². The molecule has 0 spiro atoms. The van der Waals surface area contributed by atoms with Crippen LogP contribution >= 0.6 is 11.3 Å². The Bertz CT molecular complexity index is 2800. The molecule has 4 N–H and O–H groups in total. The molecular weight excluding hydrogens is 998 g/mol. The maximum Gasteiger partial charge on any atom is 0.417 e. The van der Waals surface area contributed by atoms with E-state index in [-0.39, 0.29) is 60.5 Å². The van der Waals surface area contributed by atoms with Gasteiger partial charge in [-0.2, -0.15) is 18.4 Å². The van der Waals surface area contributed by atoms with E-state index in [1.807, 2.05) is 116 Å². The molecule has 4 aliphatic rings. The van der Waals surface area contributed by atoms with Gasteiger partial charge in [-0.15, -0.1) is 11.3 Å². The number of aryl methyl sites for hydroxylation is 1. The van der Waals surface area contributed by atoms with E-state index in [2.05, 4.69) is 30.7 Å². The standard InChI is InChI=1S/C57H71F3N8O7S/c1-34(36-10-12-37(13-11-36)46-35(2)62-33-76-46)63-49(72)44-26-41(69)29-68(44)50(73)47(53(3,4)5)64-45(70)30-67-24-22-66(23-25-67)21-20-56(31-74-32-56)40-17-14-38(15-18-40)48(71)65-51-54(6,7)52(55(51,8)9)75-42-19-16-39(28-61)43(27-42)57(58,59)60/h10-19,27,33-34,41,44,47,51-52,69H,20-26,29-32H2,1-9H3,(H,63,72)(H,64,70)(H,65,71)/t34?,41-,44+,47-,51?,52?/m1/s1. The summed E-state index contributed by atoms with van der Waals surface area (Å²) in [5.74, 6) is -1.34. The molecule has 1 saturated carbocycles. The van der Waals surface area contributed by atoms with Gasteiger partial charge in [-0.25, -0.2) is 4.98 Å².